The largest absolute Gasteiger partial charge is 0.481 e. The monoisotopic (exact) mass is 744 g/mol. The Balaban J connectivity index is 0. The Bertz CT molecular complexity index is 755. The summed E-state index contributed by atoms with van der Waals surface area (Å²) in [6.07, 6.45) is 36.7. The van der Waals surface area contributed by atoms with Crippen molar-refractivity contribution >= 4 is 17.8 Å². The maximum absolute atomic E-state index is 12.9. The molecule has 0 saturated heterocycles. The van der Waals surface area contributed by atoms with Gasteiger partial charge in [0.05, 0.1) is 19.3 Å². The number of hydrogen-bond acceptors (Lipinski definition) is 7. The van der Waals surface area contributed by atoms with Gasteiger partial charge in [-0.05, 0) is 19.3 Å². The van der Waals surface area contributed by atoms with Crippen LogP contribution in [0.4, 0.5) is 0 Å². The van der Waals surface area contributed by atoms with E-state index in [0.717, 1.165) is 25.9 Å². The van der Waals surface area contributed by atoms with Gasteiger partial charge in [-0.15, -0.1) is 0 Å². The van der Waals surface area contributed by atoms with Crippen molar-refractivity contribution in [2.45, 2.75) is 219 Å². The van der Waals surface area contributed by atoms with Crippen LogP contribution in [0.25, 0.3) is 0 Å². The van der Waals surface area contributed by atoms with Gasteiger partial charge in [-0.25, -0.2) is 0 Å². The van der Waals surface area contributed by atoms with Crippen LogP contribution in [0.1, 0.15) is 206 Å². The van der Waals surface area contributed by atoms with Crippen molar-refractivity contribution < 1.29 is 34.8 Å². The Labute approximate surface area is 319 Å². The van der Waals surface area contributed by atoms with E-state index in [0.29, 0.717) is 0 Å². The lowest BCUT2D eigenvalue weighted by Crippen LogP contribution is -2.41. The van der Waals surface area contributed by atoms with Crippen molar-refractivity contribution in [3.63, 3.8) is 0 Å². The minimum atomic E-state index is -1.17. The first-order valence-corrected chi connectivity index (χ1v) is 21.7. The fourth-order valence-corrected chi connectivity index (χ4v) is 6.28. The van der Waals surface area contributed by atoms with E-state index < -0.39 is 24.1 Å². The van der Waals surface area contributed by atoms with E-state index in [1.165, 1.54) is 167 Å². The molecule has 0 bridgehead atoms. The van der Waals surface area contributed by atoms with Crippen LogP contribution in [0.3, 0.4) is 0 Å². The highest BCUT2D eigenvalue weighted by Gasteiger charge is 2.14. The van der Waals surface area contributed by atoms with Crippen molar-refractivity contribution in [2.75, 3.05) is 32.8 Å². The minimum Gasteiger partial charge on any atom is -0.481 e. The number of unbranched alkanes of at least 4 members (excludes halogenated alkanes) is 26. The maximum Gasteiger partial charge on any atom is 0.320 e. The number of nitrogens with two attached hydrogens (primary N) is 1. The molecule has 0 spiro atoms. The van der Waals surface area contributed by atoms with Crippen LogP contribution in [0.15, 0.2) is 0 Å². The van der Waals surface area contributed by atoms with Crippen molar-refractivity contribution in [1.29, 1.82) is 0 Å². The predicted molar refractivity (Wildman–Crippen MR) is 216 cm³/mol. The van der Waals surface area contributed by atoms with Crippen molar-refractivity contribution in [1.82, 2.24) is 10.2 Å². The zero-order valence-electron chi connectivity index (χ0n) is 33.9. The molecule has 52 heavy (non-hydrogen) atoms. The van der Waals surface area contributed by atoms with Gasteiger partial charge >= 0.3 is 11.9 Å². The molecule has 0 aliphatic carbocycles. The van der Waals surface area contributed by atoms with Gasteiger partial charge in [0.1, 0.15) is 6.04 Å². The molecule has 1 unspecified atom stereocenters. The fourth-order valence-electron chi connectivity index (χ4n) is 6.28. The fraction of sp³-hybridized carbons (Fsp3) is 0.929. The predicted octanol–water partition coefficient (Wildman–Crippen LogP) is 8.98. The number of hydrogen-bond donors (Lipinski definition) is 6. The Morgan fingerprint density at radius 3 is 1.19 bits per heavy atom. The van der Waals surface area contributed by atoms with Gasteiger partial charge < -0.3 is 36.4 Å². The lowest BCUT2D eigenvalue weighted by Gasteiger charge is -2.23. The van der Waals surface area contributed by atoms with Crippen LogP contribution in [-0.4, -0.2) is 88.1 Å². The summed E-state index contributed by atoms with van der Waals surface area (Å²) in [5.41, 5.74) is 5.00. The van der Waals surface area contributed by atoms with Gasteiger partial charge in [0, 0.05) is 26.1 Å². The number of carbonyl (C=O) groups is 3. The second-order valence-corrected chi connectivity index (χ2v) is 14.9. The number of nitrogens with zero attached hydrogens (tertiary/aromatic N) is 1. The summed E-state index contributed by atoms with van der Waals surface area (Å²) in [5.74, 6) is -2.07. The van der Waals surface area contributed by atoms with Crippen LogP contribution >= 0.6 is 0 Å². The van der Waals surface area contributed by atoms with E-state index in [1.54, 1.807) is 0 Å². The minimum absolute atomic E-state index is 0.0231. The molecule has 10 nitrogen and oxygen atoms in total. The number of carboxylic acid groups (broad SMARTS) is 2. The average molecular weight is 744 g/mol. The quantitative estimate of drug-likeness (QED) is 0.0336. The highest BCUT2D eigenvalue weighted by Crippen LogP contribution is 2.15. The summed E-state index contributed by atoms with van der Waals surface area (Å²) < 4.78 is 0. The molecule has 2 atom stereocenters. The van der Waals surface area contributed by atoms with Crippen molar-refractivity contribution in [3.05, 3.63) is 0 Å². The van der Waals surface area contributed by atoms with Crippen molar-refractivity contribution in [2.24, 2.45) is 5.73 Å². The number of aliphatic carboxylic acids is 2. The molecule has 0 aromatic heterocycles. The van der Waals surface area contributed by atoms with E-state index in [9.17, 15) is 19.5 Å². The first-order chi connectivity index (χ1) is 25.2. The third kappa shape index (κ3) is 41.0. The molecule has 0 heterocycles. The lowest BCUT2D eigenvalue weighted by atomic mass is 10.0. The number of aliphatic hydroxyl groups excluding tert-OH is 2. The van der Waals surface area contributed by atoms with Crippen LogP contribution < -0.4 is 11.1 Å². The van der Waals surface area contributed by atoms with Gasteiger partial charge in [0.2, 0.25) is 5.91 Å². The number of aliphatic hydroxyl groups is 2. The Morgan fingerprint density at radius 1 is 0.577 bits per heavy atom. The number of nitrogens with one attached hydrogen (secondary N) is 1. The smallest absolute Gasteiger partial charge is 0.320 e. The Hall–Kier alpha value is -1.75. The van der Waals surface area contributed by atoms with Crippen LogP contribution in [0.5, 0.6) is 0 Å². The third-order valence-electron chi connectivity index (χ3n) is 9.77. The molecule has 10 heteroatoms. The molecular weight excluding hydrogens is 658 g/mol. The van der Waals surface area contributed by atoms with Crippen molar-refractivity contribution in [3.8, 4) is 0 Å². The van der Waals surface area contributed by atoms with E-state index in [1.807, 2.05) is 4.90 Å². The molecule has 0 aliphatic rings. The molecule has 0 fully saturated rings. The summed E-state index contributed by atoms with van der Waals surface area (Å²) in [4.78, 5) is 34.8. The molecule has 0 aromatic carbocycles. The Morgan fingerprint density at radius 2 is 0.904 bits per heavy atom. The first kappa shape index (κ1) is 52.4. The van der Waals surface area contributed by atoms with Crippen LogP contribution in [0.2, 0.25) is 0 Å². The second-order valence-electron chi connectivity index (χ2n) is 14.9. The van der Waals surface area contributed by atoms with Gasteiger partial charge in [0.25, 0.3) is 0 Å². The number of carboxylic acids is 2. The van der Waals surface area contributed by atoms with Crippen LogP contribution in [0, 0.1) is 0 Å². The maximum atomic E-state index is 12.9. The molecule has 0 aromatic rings. The summed E-state index contributed by atoms with van der Waals surface area (Å²) in [7, 11) is 0. The van der Waals surface area contributed by atoms with E-state index in [-0.39, 0.29) is 38.4 Å². The summed E-state index contributed by atoms with van der Waals surface area (Å²) in [6, 6.07) is -1.06. The SMILES string of the molecule is CCCCCCCCCCCCCCCCN(CCCCCCCCCCCCCCCC)C(=O)CNCC(O)CO.N[C@@H](CCC(=O)O)C(=O)O. The zero-order chi connectivity index (χ0) is 38.9. The molecule has 1 amide bonds. The molecular formula is C42H85N3O7. The standard InChI is InChI=1S/C37H76N2O3.C5H9NO4/c1-3-5-7-9-11-13-15-17-19-21-23-25-27-29-31-39(37(42)34-38-33-36(41)35-40)32-30-28-26-24-22-20-18-16-14-12-10-8-6-4-2;6-3(5(9)10)1-2-4(7)8/h36,38,40-41H,3-35H2,1-2H3;3H,1-2,6H2,(H,7,8)(H,9,10)/t;3-/m.0/s1. The van der Waals surface area contributed by atoms with Crippen LogP contribution in [-0.2, 0) is 14.4 Å². The number of rotatable bonds is 39. The molecule has 0 saturated carbocycles. The Kier molecular flexibility index (Phi) is 42.3. The van der Waals surface area contributed by atoms with E-state index in [4.69, 9.17) is 21.1 Å². The van der Waals surface area contributed by atoms with Gasteiger partial charge in [-0.1, -0.05) is 181 Å². The highest BCUT2D eigenvalue weighted by molar-refractivity contribution is 5.78. The number of amides is 1. The third-order valence-corrected chi connectivity index (χ3v) is 9.77. The lowest BCUT2D eigenvalue weighted by molar-refractivity contribution is -0.140. The molecule has 0 radical (unpaired) electrons. The highest BCUT2D eigenvalue weighted by atomic mass is 16.4. The molecule has 7 N–H and O–H groups in total. The van der Waals surface area contributed by atoms with Gasteiger partial charge in [-0.3, -0.25) is 14.4 Å². The van der Waals surface area contributed by atoms with E-state index >= 15 is 0 Å². The van der Waals surface area contributed by atoms with E-state index in [2.05, 4.69) is 19.2 Å². The number of carbonyl (C=O) groups excluding carboxylic acids is 1. The summed E-state index contributed by atoms with van der Waals surface area (Å²) in [6.45, 7) is 6.48. The average Bonchev–Trinajstić information content (AvgIpc) is 3.13. The molecule has 0 aliphatic heterocycles. The molecule has 0 rings (SSSR count). The topological polar surface area (TPSA) is 173 Å². The summed E-state index contributed by atoms with van der Waals surface area (Å²) in [5, 5.41) is 37.9. The first-order valence-electron chi connectivity index (χ1n) is 21.7. The van der Waals surface area contributed by atoms with Gasteiger partial charge in [0.15, 0.2) is 0 Å². The molecule has 310 valence electrons. The second kappa shape index (κ2) is 42.0. The normalized spacial score (nSPS) is 12.2. The van der Waals surface area contributed by atoms with Gasteiger partial charge in [-0.2, -0.15) is 0 Å². The summed E-state index contributed by atoms with van der Waals surface area (Å²) >= 11 is 0. The zero-order valence-corrected chi connectivity index (χ0v) is 33.9.